The summed E-state index contributed by atoms with van der Waals surface area (Å²) in [5.41, 5.74) is 2.01. The lowest BCUT2D eigenvalue weighted by Gasteiger charge is -2.10. The molecule has 0 radical (unpaired) electrons. The summed E-state index contributed by atoms with van der Waals surface area (Å²) in [4.78, 5) is 0. The van der Waals surface area contributed by atoms with Crippen LogP contribution in [-0.2, 0) is 0 Å². The first-order valence-corrected chi connectivity index (χ1v) is 6.00. The van der Waals surface area contributed by atoms with Crippen LogP contribution in [0.4, 0.5) is 0 Å². The summed E-state index contributed by atoms with van der Waals surface area (Å²) in [6.45, 7) is -0.249. The summed E-state index contributed by atoms with van der Waals surface area (Å²) < 4.78 is 5.32. The molecule has 0 aliphatic rings. The van der Waals surface area contributed by atoms with Crippen LogP contribution in [0.5, 0.6) is 11.5 Å². The number of aliphatic hydroxyl groups excluding tert-OH is 2. The largest absolute Gasteiger partial charge is 0.508 e. The van der Waals surface area contributed by atoms with Gasteiger partial charge >= 0.3 is 0 Å². The van der Waals surface area contributed by atoms with Gasteiger partial charge in [-0.25, -0.2) is 0 Å². The molecule has 2 aromatic carbocycles. The summed E-state index contributed by atoms with van der Waals surface area (Å²) >= 11 is 0. The molecule has 4 nitrogen and oxygen atoms in total. The summed E-state index contributed by atoms with van der Waals surface area (Å²) in [6, 6.07) is 14.3. The molecule has 0 amide bonds. The normalized spacial score (nSPS) is 12.1. The monoisotopic (exact) mass is 260 g/mol. The van der Waals surface area contributed by atoms with E-state index in [1.54, 1.807) is 24.3 Å². The third kappa shape index (κ3) is 3.71. The Balaban J connectivity index is 2.04. The first-order valence-electron chi connectivity index (χ1n) is 6.00. The Morgan fingerprint density at radius 2 is 1.42 bits per heavy atom. The average Bonchev–Trinajstić information content (AvgIpc) is 2.46. The van der Waals surface area contributed by atoms with Gasteiger partial charge in [-0.2, -0.15) is 0 Å². The fourth-order valence-corrected chi connectivity index (χ4v) is 1.64. The summed E-state index contributed by atoms with van der Waals surface area (Å²) in [5, 5.41) is 27.1. The van der Waals surface area contributed by atoms with Gasteiger partial charge in [-0.15, -0.1) is 0 Å². The smallest absolute Gasteiger partial charge is 0.119 e. The van der Waals surface area contributed by atoms with Crippen molar-refractivity contribution in [1.82, 2.24) is 0 Å². The molecule has 0 bridgehead atoms. The second-order valence-electron chi connectivity index (χ2n) is 4.22. The molecule has 4 heteroatoms. The predicted octanol–water partition coefficient (Wildman–Crippen LogP) is 1.79. The van der Waals surface area contributed by atoms with E-state index in [2.05, 4.69) is 0 Å². The maximum atomic E-state index is 9.23. The number of ether oxygens (including phenoxy) is 1. The highest BCUT2D eigenvalue weighted by atomic mass is 16.5. The summed E-state index contributed by atoms with van der Waals surface area (Å²) in [5.74, 6) is 0.872. The van der Waals surface area contributed by atoms with E-state index in [4.69, 9.17) is 9.84 Å². The quantitative estimate of drug-likeness (QED) is 0.766. The van der Waals surface area contributed by atoms with Crippen LogP contribution >= 0.6 is 0 Å². The van der Waals surface area contributed by atoms with Crippen LogP contribution in [0.25, 0.3) is 11.1 Å². The Hall–Kier alpha value is -2.04. The highest BCUT2D eigenvalue weighted by Gasteiger charge is 2.03. The van der Waals surface area contributed by atoms with E-state index in [1.165, 1.54) is 0 Å². The van der Waals surface area contributed by atoms with E-state index in [0.717, 1.165) is 11.1 Å². The molecule has 19 heavy (non-hydrogen) atoms. The zero-order valence-corrected chi connectivity index (χ0v) is 10.4. The van der Waals surface area contributed by atoms with Crippen LogP contribution in [0, 0.1) is 0 Å². The average molecular weight is 260 g/mol. The van der Waals surface area contributed by atoms with Crippen LogP contribution in [0.1, 0.15) is 0 Å². The van der Waals surface area contributed by atoms with Crippen molar-refractivity contribution >= 4 is 0 Å². The topological polar surface area (TPSA) is 69.9 Å². The second kappa shape index (κ2) is 6.22. The van der Waals surface area contributed by atoms with Crippen LogP contribution < -0.4 is 4.74 Å². The Kier molecular flexibility index (Phi) is 4.39. The Labute approximate surface area is 111 Å². The van der Waals surface area contributed by atoms with E-state index < -0.39 is 6.10 Å². The molecule has 0 aliphatic carbocycles. The lowest BCUT2D eigenvalue weighted by Crippen LogP contribution is -2.21. The molecule has 0 heterocycles. The first-order chi connectivity index (χ1) is 9.19. The molecule has 100 valence electrons. The molecule has 0 aromatic heterocycles. The number of phenols is 1. The SMILES string of the molecule is OCC(O)COc1ccc(-c2ccc(O)cc2)cc1. The number of benzene rings is 2. The molecule has 0 fully saturated rings. The Morgan fingerprint density at radius 1 is 0.895 bits per heavy atom. The highest BCUT2D eigenvalue weighted by molar-refractivity contribution is 5.64. The van der Waals surface area contributed by atoms with Gasteiger partial charge in [0.15, 0.2) is 0 Å². The minimum absolute atomic E-state index is 0.0645. The van der Waals surface area contributed by atoms with Crippen LogP contribution in [0.3, 0.4) is 0 Å². The minimum atomic E-state index is -0.864. The standard InChI is InChI=1S/C15H16O4/c16-9-14(18)10-19-15-7-3-12(4-8-15)11-1-5-13(17)6-2-11/h1-8,14,16-18H,9-10H2. The molecule has 0 saturated carbocycles. The molecule has 1 unspecified atom stereocenters. The summed E-state index contributed by atoms with van der Waals surface area (Å²) in [7, 11) is 0. The van der Waals surface area contributed by atoms with Gasteiger partial charge in [-0.1, -0.05) is 24.3 Å². The molecular formula is C15H16O4. The third-order valence-electron chi connectivity index (χ3n) is 2.71. The van der Waals surface area contributed by atoms with Crippen molar-refractivity contribution < 1.29 is 20.1 Å². The molecule has 2 rings (SSSR count). The summed E-state index contributed by atoms with van der Waals surface area (Å²) in [6.07, 6.45) is -0.864. The van der Waals surface area contributed by atoms with E-state index >= 15 is 0 Å². The van der Waals surface area contributed by atoms with E-state index in [-0.39, 0.29) is 19.0 Å². The molecule has 3 N–H and O–H groups in total. The first kappa shape index (κ1) is 13.4. The van der Waals surface area contributed by atoms with Crippen LogP contribution in [0.2, 0.25) is 0 Å². The zero-order chi connectivity index (χ0) is 13.7. The molecular weight excluding hydrogens is 244 g/mol. The van der Waals surface area contributed by atoms with Gasteiger partial charge < -0.3 is 20.1 Å². The number of hydrogen-bond acceptors (Lipinski definition) is 4. The highest BCUT2D eigenvalue weighted by Crippen LogP contribution is 2.24. The van der Waals surface area contributed by atoms with Crippen molar-refractivity contribution in [3.05, 3.63) is 48.5 Å². The number of rotatable bonds is 5. The van der Waals surface area contributed by atoms with Crippen molar-refractivity contribution in [2.24, 2.45) is 0 Å². The van der Waals surface area contributed by atoms with Crippen molar-refractivity contribution in [3.63, 3.8) is 0 Å². The molecule has 0 spiro atoms. The Morgan fingerprint density at radius 3 is 1.95 bits per heavy atom. The fraction of sp³-hybridized carbons (Fsp3) is 0.200. The van der Waals surface area contributed by atoms with E-state index in [1.807, 2.05) is 24.3 Å². The molecule has 1 atom stereocenters. The number of hydrogen-bond donors (Lipinski definition) is 3. The van der Waals surface area contributed by atoms with Crippen LogP contribution in [0.15, 0.2) is 48.5 Å². The molecule has 0 aliphatic heterocycles. The van der Waals surface area contributed by atoms with Crippen molar-refractivity contribution in [3.8, 4) is 22.6 Å². The minimum Gasteiger partial charge on any atom is -0.508 e. The lowest BCUT2D eigenvalue weighted by atomic mass is 10.1. The predicted molar refractivity (Wildman–Crippen MR) is 72.1 cm³/mol. The third-order valence-corrected chi connectivity index (χ3v) is 2.71. The number of aliphatic hydroxyl groups is 2. The number of phenolic OH excluding ortho intramolecular Hbond substituents is 1. The van der Waals surface area contributed by atoms with Crippen molar-refractivity contribution in [2.75, 3.05) is 13.2 Å². The molecule has 0 saturated heterocycles. The van der Waals surface area contributed by atoms with E-state index in [0.29, 0.717) is 5.75 Å². The van der Waals surface area contributed by atoms with Crippen molar-refractivity contribution in [1.29, 1.82) is 0 Å². The van der Waals surface area contributed by atoms with Gasteiger partial charge in [-0.3, -0.25) is 0 Å². The zero-order valence-electron chi connectivity index (χ0n) is 10.4. The van der Waals surface area contributed by atoms with Gasteiger partial charge in [-0.05, 0) is 35.4 Å². The van der Waals surface area contributed by atoms with E-state index in [9.17, 15) is 10.2 Å². The maximum absolute atomic E-state index is 9.23. The van der Waals surface area contributed by atoms with Crippen LogP contribution in [-0.4, -0.2) is 34.6 Å². The van der Waals surface area contributed by atoms with Gasteiger partial charge in [0.2, 0.25) is 0 Å². The molecule has 2 aromatic rings. The van der Waals surface area contributed by atoms with Gasteiger partial charge in [0, 0.05) is 0 Å². The van der Waals surface area contributed by atoms with Crippen molar-refractivity contribution in [2.45, 2.75) is 6.10 Å². The second-order valence-corrected chi connectivity index (χ2v) is 4.22. The van der Waals surface area contributed by atoms with Gasteiger partial charge in [0.05, 0.1) is 6.61 Å². The Bertz CT molecular complexity index is 505. The maximum Gasteiger partial charge on any atom is 0.119 e. The van der Waals surface area contributed by atoms with Gasteiger partial charge in [0.1, 0.15) is 24.2 Å². The number of aromatic hydroxyl groups is 1. The fourth-order valence-electron chi connectivity index (χ4n) is 1.64. The lowest BCUT2D eigenvalue weighted by molar-refractivity contribution is 0.0536. The van der Waals surface area contributed by atoms with Gasteiger partial charge in [0.25, 0.3) is 0 Å².